The molecule has 11 heteroatoms. The smallest absolute Gasteiger partial charge is 0.313 e. The van der Waals surface area contributed by atoms with E-state index in [1.165, 1.54) is 9.80 Å². The average Bonchev–Trinajstić information content (AvgIpc) is 3.41. The summed E-state index contributed by atoms with van der Waals surface area (Å²) < 4.78 is 12.5. The maximum absolute atomic E-state index is 14.9. The minimum atomic E-state index is -1.56. The first-order chi connectivity index (χ1) is 21.7. The number of allylic oxidation sites excluding steroid dienone is 1. The molecule has 2 aromatic carbocycles. The van der Waals surface area contributed by atoms with Crippen molar-refractivity contribution in [1.29, 1.82) is 0 Å². The summed E-state index contributed by atoms with van der Waals surface area (Å²) in [5.74, 6) is -3.98. The number of nitrogens with one attached hydrogen (secondary N) is 1. The Labute approximate surface area is 266 Å². The Balaban J connectivity index is 1.51. The Bertz CT molecular complexity index is 1540. The van der Waals surface area contributed by atoms with Crippen molar-refractivity contribution in [3.63, 3.8) is 0 Å². The lowest BCUT2D eigenvalue weighted by Crippen LogP contribution is -2.56. The Morgan fingerprint density at radius 3 is 2.58 bits per heavy atom. The Kier molecular flexibility index (Phi) is 8.56. The SMILES string of the molecule is Cc1cccc(Cl)c1N1CC=C[C@@]23O[C@H]4/C=C\CCC(=O)NC[C@H](C)OC(=O)[C@H]4[C@@H]2C(=O)N([C@H](CO)c2ccccc2)[C@H]3C1=O. The van der Waals surface area contributed by atoms with Crippen molar-refractivity contribution in [2.24, 2.45) is 11.8 Å². The number of hydrogen-bond acceptors (Lipinski definition) is 7. The maximum atomic E-state index is 14.9. The van der Waals surface area contributed by atoms with Crippen molar-refractivity contribution in [2.45, 2.75) is 56.6 Å². The standard InChI is InChI=1S/C34H36ClN3O7/c1-20-10-8-13-23(35)29(20)37-17-9-16-34-28(27-25(45-34)14-6-7-15-26(40)36-18-21(2)44-33(27)43)31(41)38(30(34)32(37)42)24(19-39)22-11-4-3-5-12-22/h3-6,8-14,16,21,24-25,27-28,30,39H,7,15,17-19H2,1-2H3,(H,36,40)/b14-6-/t21-,24+,25-,27+,28+,30-,34+/m0/s1. The topological polar surface area (TPSA) is 125 Å². The molecular weight excluding hydrogens is 598 g/mol. The van der Waals surface area contributed by atoms with Crippen LogP contribution in [0.25, 0.3) is 0 Å². The van der Waals surface area contributed by atoms with Crippen LogP contribution in [0.4, 0.5) is 5.69 Å². The van der Waals surface area contributed by atoms with Crippen LogP contribution in [-0.2, 0) is 28.7 Å². The van der Waals surface area contributed by atoms with Gasteiger partial charge < -0.3 is 29.7 Å². The number of rotatable bonds is 4. The molecule has 4 heterocycles. The number of aryl methyl sites for hydroxylation is 1. The zero-order chi connectivity index (χ0) is 31.9. The van der Waals surface area contributed by atoms with E-state index in [2.05, 4.69) is 5.32 Å². The number of ether oxygens (including phenoxy) is 2. The van der Waals surface area contributed by atoms with Gasteiger partial charge in [-0.05, 0) is 37.5 Å². The van der Waals surface area contributed by atoms with E-state index < -0.39 is 66.1 Å². The molecule has 1 spiro atoms. The number of carbonyl (C=O) groups is 4. The summed E-state index contributed by atoms with van der Waals surface area (Å²) in [6.45, 7) is 3.33. The summed E-state index contributed by atoms with van der Waals surface area (Å²) in [6, 6.07) is 12.2. The van der Waals surface area contributed by atoms with Gasteiger partial charge in [0.15, 0.2) is 0 Å². The molecule has 2 fully saturated rings. The van der Waals surface area contributed by atoms with Crippen molar-refractivity contribution < 1.29 is 33.8 Å². The van der Waals surface area contributed by atoms with E-state index in [0.29, 0.717) is 22.7 Å². The normalized spacial score (nSPS) is 31.5. The largest absolute Gasteiger partial charge is 0.460 e. The van der Waals surface area contributed by atoms with Crippen LogP contribution >= 0.6 is 11.6 Å². The lowest BCUT2D eigenvalue weighted by molar-refractivity contribution is -0.159. The third-order valence-electron chi connectivity index (χ3n) is 9.12. The number of aliphatic hydroxyl groups is 1. The summed E-state index contributed by atoms with van der Waals surface area (Å²) in [7, 11) is 0. The highest BCUT2D eigenvalue weighted by molar-refractivity contribution is 6.34. The third kappa shape index (κ3) is 5.34. The second-order valence-electron chi connectivity index (χ2n) is 12.0. The first kappa shape index (κ1) is 31.0. The van der Waals surface area contributed by atoms with Crippen LogP contribution in [0.2, 0.25) is 5.02 Å². The number of carbonyl (C=O) groups excluding carboxylic acids is 4. The molecule has 4 aliphatic heterocycles. The number of para-hydroxylation sites is 1. The zero-order valence-corrected chi connectivity index (χ0v) is 25.9. The number of nitrogens with zero attached hydrogens (tertiary/aromatic N) is 2. The molecule has 7 atom stereocenters. The molecule has 2 N–H and O–H groups in total. The second-order valence-corrected chi connectivity index (χ2v) is 12.4. The van der Waals surface area contributed by atoms with E-state index in [1.54, 1.807) is 67.6 Å². The number of anilines is 1. The number of fused-ring (bicyclic) bond motifs is 2. The van der Waals surface area contributed by atoms with Crippen molar-refractivity contribution in [3.05, 3.63) is 89.0 Å². The molecule has 2 aromatic rings. The van der Waals surface area contributed by atoms with Crippen LogP contribution in [0.3, 0.4) is 0 Å². The van der Waals surface area contributed by atoms with Crippen LogP contribution in [0.5, 0.6) is 0 Å². The monoisotopic (exact) mass is 633 g/mol. The number of halogens is 1. The van der Waals surface area contributed by atoms with Gasteiger partial charge in [-0.3, -0.25) is 19.2 Å². The molecule has 10 nitrogen and oxygen atoms in total. The van der Waals surface area contributed by atoms with Gasteiger partial charge in [-0.2, -0.15) is 0 Å². The molecule has 0 aliphatic carbocycles. The lowest BCUT2D eigenvalue weighted by Gasteiger charge is -2.39. The van der Waals surface area contributed by atoms with Crippen molar-refractivity contribution in [1.82, 2.24) is 10.2 Å². The van der Waals surface area contributed by atoms with Crippen LogP contribution in [0.1, 0.15) is 36.9 Å². The average molecular weight is 634 g/mol. The number of hydrogen-bond donors (Lipinski definition) is 2. The molecule has 45 heavy (non-hydrogen) atoms. The molecule has 0 unspecified atom stereocenters. The van der Waals surface area contributed by atoms with Gasteiger partial charge in [-0.25, -0.2) is 0 Å². The Morgan fingerprint density at radius 1 is 1.07 bits per heavy atom. The number of amides is 3. The fraction of sp³-hybridized carbons (Fsp3) is 0.412. The quantitative estimate of drug-likeness (QED) is 0.391. The van der Waals surface area contributed by atoms with E-state index in [4.69, 9.17) is 21.1 Å². The molecule has 6 rings (SSSR count). The van der Waals surface area contributed by atoms with E-state index in [9.17, 15) is 24.3 Å². The fourth-order valence-corrected chi connectivity index (χ4v) is 7.46. The van der Waals surface area contributed by atoms with Gasteiger partial charge in [0.25, 0.3) is 5.91 Å². The molecule has 236 valence electrons. The zero-order valence-electron chi connectivity index (χ0n) is 25.1. The first-order valence-electron chi connectivity index (χ1n) is 15.2. The van der Waals surface area contributed by atoms with Crippen molar-refractivity contribution in [2.75, 3.05) is 24.6 Å². The predicted octanol–water partition coefficient (Wildman–Crippen LogP) is 3.26. The Morgan fingerprint density at radius 2 is 1.84 bits per heavy atom. The third-order valence-corrected chi connectivity index (χ3v) is 9.43. The highest BCUT2D eigenvalue weighted by Crippen LogP contribution is 2.55. The number of benzene rings is 2. The highest BCUT2D eigenvalue weighted by Gasteiger charge is 2.72. The molecule has 3 amide bonds. The number of esters is 1. The maximum Gasteiger partial charge on any atom is 0.313 e. The minimum Gasteiger partial charge on any atom is -0.460 e. The molecule has 0 radical (unpaired) electrons. The Hall–Kier alpha value is -3.99. The van der Waals surface area contributed by atoms with E-state index in [-0.39, 0.29) is 25.4 Å². The minimum absolute atomic E-state index is 0.121. The summed E-state index contributed by atoms with van der Waals surface area (Å²) >= 11 is 6.65. The molecule has 0 bridgehead atoms. The molecule has 4 aliphatic rings. The molecule has 2 saturated heterocycles. The number of cyclic esters (lactones) is 1. The van der Waals surface area contributed by atoms with Gasteiger partial charge in [0.05, 0.1) is 41.9 Å². The summed E-state index contributed by atoms with van der Waals surface area (Å²) in [4.78, 5) is 58.7. The molecular formula is C34H36ClN3O7. The van der Waals surface area contributed by atoms with Crippen molar-refractivity contribution in [3.8, 4) is 0 Å². The van der Waals surface area contributed by atoms with Crippen molar-refractivity contribution >= 4 is 41.0 Å². The van der Waals surface area contributed by atoms with Crippen LogP contribution in [0.15, 0.2) is 72.8 Å². The molecule has 0 aromatic heterocycles. The van der Waals surface area contributed by atoms with Gasteiger partial charge >= 0.3 is 5.97 Å². The summed E-state index contributed by atoms with van der Waals surface area (Å²) in [5.41, 5.74) is 0.353. The van der Waals surface area contributed by atoms with Gasteiger partial charge in [-0.15, -0.1) is 0 Å². The van der Waals surface area contributed by atoms with Crippen LogP contribution in [0, 0.1) is 18.8 Å². The summed E-state index contributed by atoms with van der Waals surface area (Å²) in [5, 5.41) is 13.9. The fourth-order valence-electron chi connectivity index (χ4n) is 7.13. The second kappa shape index (κ2) is 12.4. The van der Waals surface area contributed by atoms with E-state index in [1.807, 2.05) is 19.1 Å². The predicted molar refractivity (Wildman–Crippen MR) is 166 cm³/mol. The van der Waals surface area contributed by atoms with Crippen LogP contribution in [-0.4, -0.2) is 77.2 Å². The summed E-state index contributed by atoms with van der Waals surface area (Å²) in [6.07, 6.45) is 6.01. The highest BCUT2D eigenvalue weighted by atomic mass is 35.5. The van der Waals surface area contributed by atoms with Gasteiger partial charge in [-0.1, -0.05) is 78.4 Å². The first-order valence-corrected chi connectivity index (χ1v) is 15.6. The van der Waals surface area contributed by atoms with E-state index >= 15 is 0 Å². The lowest BCUT2D eigenvalue weighted by atomic mass is 9.78. The van der Waals surface area contributed by atoms with Crippen LogP contribution < -0.4 is 10.2 Å². The molecule has 0 saturated carbocycles. The van der Waals surface area contributed by atoms with Gasteiger partial charge in [0, 0.05) is 13.0 Å². The van der Waals surface area contributed by atoms with Gasteiger partial charge in [0.2, 0.25) is 11.8 Å². The van der Waals surface area contributed by atoms with E-state index in [0.717, 1.165) is 5.56 Å². The number of likely N-dealkylation sites (tertiary alicyclic amines) is 1. The van der Waals surface area contributed by atoms with Gasteiger partial charge in [0.1, 0.15) is 23.7 Å². The number of aliphatic hydroxyl groups excluding tert-OH is 1.